The van der Waals surface area contributed by atoms with Crippen LogP contribution in [0.15, 0.2) is 268 Å². The van der Waals surface area contributed by atoms with Crippen LogP contribution in [-0.2, 0) is 0 Å². The maximum Gasteiger partial charge on any atom is 0.139 e. The standard InChI is InChI=1S/C66H51B5N2S/c67-61-60(62(68)64(70)65(71)63(61)69)44-34-36-58-54(38-44)50-30-16-18-32-56(50)72(58)45-35-37-59-55(39-45)51-31-17-19-33-57(51)73(59)66-52(42-20-6-1-7-21-42)40-49(41-53(66)43-22-8-2-9-23-43)74(46-24-10-3-11-25-46,47-26-12-4-13-27-47)48-28-14-5-15-29-48/h1-41H,67-71H2. The van der Waals surface area contributed by atoms with Gasteiger partial charge >= 0.3 is 0 Å². The molecule has 0 bridgehead atoms. The van der Waals surface area contributed by atoms with Gasteiger partial charge in [0.1, 0.15) is 39.2 Å². The number of rotatable bonds is 9. The van der Waals surface area contributed by atoms with Gasteiger partial charge in [0.2, 0.25) is 0 Å². The van der Waals surface area contributed by atoms with E-state index in [0.29, 0.717) is 0 Å². The van der Waals surface area contributed by atoms with Gasteiger partial charge in [-0.05, 0) is 113 Å². The van der Waals surface area contributed by atoms with E-state index in [-0.39, 0.29) is 0 Å². The van der Waals surface area contributed by atoms with Gasteiger partial charge in [0.25, 0.3) is 0 Å². The number of para-hydroxylation sites is 2. The molecule has 346 valence electrons. The summed E-state index contributed by atoms with van der Waals surface area (Å²) in [6.45, 7) is 0. The van der Waals surface area contributed by atoms with Gasteiger partial charge in [0.15, 0.2) is 0 Å². The average Bonchev–Trinajstić information content (AvgIpc) is 3.98. The van der Waals surface area contributed by atoms with Crippen molar-refractivity contribution in [2.75, 3.05) is 0 Å². The molecule has 0 aliphatic heterocycles. The highest BCUT2D eigenvalue weighted by molar-refractivity contribution is 8.34. The molecule has 0 saturated heterocycles. The molecule has 0 aliphatic carbocycles. The smallest absolute Gasteiger partial charge is 0.139 e. The molecule has 13 aromatic rings. The van der Waals surface area contributed by atoms with Gasteiger partial charge in [-0.25, -0.2) is 0 Å². The maximum absolute atomic E-state index is 2.56. The Morgan fingerprint density at radius 2 is 0.649 bits per heavy atom. The van der Waals surface area contributed by atoms with Crippen molar-refractivity contribution in [3.63, 3.8) is 0 Å². The van der Waals surface area contributed by atoms with Crippen molar-refractivity contribution >= 4 is 120 Å². The van der Waals surface area contributed by atoms with Crippen LogP contribution >= 0.6 is 10.0 Å². The Balaban J connectivity index is 1.10. The van der Waals surface area contributed by atoms with Crippen LogP contribution in [0.5, 0.6) is 0 Å². The summed E-state index contributed by atoms with van der Waals surface area (Å²) in [5.41, 5.74) is 21.2. The SMILES string of the molecule is Bc1c(B)c(B)c(-c2ccc3c(c2)c2ccccc2n3-c2ccc3c(c2)c2ccccc2n3-c2c(-c3ccccc3)cc(S(c3ccccc3)(c3ccccc3)c3ccccc3)cc2-c2ccccc2)c(B)c1B. The zero-order chi connectivity index (χ0) is 50.1. The summed E-state index contributed by atoms with van der Waals surface area (Å²) in [4.78, 5) is 5.15. The molecule has 0 spiro atoms. The molecule has 11 aromatic carbocycles. The van der Waals surface area contributed by atoms with Crippen LogP contribution in [0, 0.1) is 0 Å². The summed E-state index contributed by atoms with van der Waals surface area (Å²) in [7, 11) is 9.33. The number of fused-ring (bicyclic) bond motifs is 6. The van der Waals surface area contributed by atoms with Crippen molar-refractivity contribution in [2.45, 2.75) is 19.6 Å². The van der Waals surface area contributed by atoms with Crippen LogP contribution in [0.4, 0.5) is 0 Å². The topological polar surface area (TPSA) is 9.86 Å². The molecular weight excluding hydrogens is 907 g/mol. The normalized spacial score (nSPS) is 12.0. The zero-order valence-corrected chi connectivity index (χ0v) is 43.3. The van der Waals surface area contributed by atoms with E-state index in [9.17, 15) is 0 Å². The number of hydrogen-bond donors (Lipinski definition) is 0. The number of hydrogen-bond acceptors (Lipinski definition) is 0. The molecule has 0 aliphatic rings. The molecule has 2 heterocycles. The third kappa shape index (κ3) is 7.11. The minimum atomic E-state index is -2.05. The molecule has 8 heteroatoms. The van der Waals surface area contributed by atoms with Gasteiger partial charge in [-0.1, -0.05) is 169 Å². The van der Waals surface area contributed by atoms with E-state index in [1.54, 1.807) is 0 Å². The van der Waals surface area contributed by atoms with Crippen LogP contribution in [0.2, 0.25) is 0 Å². The quantitative estimate of drug-likeness (QED) is 0.128. The molecule has 74 heavy (non-hydrogen) atoms. The largest absolute Gasteiger partial charge is 0.309 e. The van der Waals surface area contributed by atoms with Crippen LogP contribution in [0.25, 0.3) is 88.4 Å². The van der Waals surface area contributed by atoms with Crippen LogP contribution in [0.3, 0.4) is 0 Å². The summed E-state index contributed by atoms with van der Waals surface area (Å²) < 4.78 is 5.03. The van der Waals surface area contributed by atoms with Crippen molar-refractivity contribution in [1.29, 1.82) is 0 Å². The van der Waals surface area contributed by atoms with Crippen molar-refractivity contribution in [2.24, 2.45) is 0 Å². The molecule has 0 N–H and O–H groups in total. The van der Waals surface area contributed by atoms with E-state index >= 15 is 0 Å². The molecule has 0 radical (unpaired) electrons. The van der Waals surface area contributed by atoms with E-state index in [1.165, 1.54) is 102 Å². The van der Waals surface area contributed by atoms with Gasteiger partial charge < -0.3 is 9.13 Å². The fourth-order valence-electron chi connectivity index (χ4n) is 12.1. The highest BCUT2D eigenvalue weighted by atomic mass is 32.3. The lowest BCUT2D eigenvalue weighted by Crippen LogP contribution is -2.55. The Bertz CT molecular complexity index is 4100. The van der Waals surface area contributed by atoms with Gasteiger partial charge in [-0.15, -0.1) is 26.4 Å². The maximum atomic E-state index is 2.56. The highest BCUT2D eigenvalue weighted by Crippen LogP contribution is 2.74. The molecule has 0 fully saturated rings. The first-order chi connectivity index (χ1) is 36.3. The fraction of sp³-hybridized carbons (Fsp3) is 0. The third-order valence-electron chi connectivity index (χ3n) is 16.0. The zero-order valence-electron chi connectivity index (χ0n) is 42.5. The molecule has 0 amide bonds. The summed E-state index contributed by atoms with van der Waals surface area (Å²) in [5.74, 6) is 0. The average molecular weight is 958 g/mol. The summed E-state index contributed by atoms with van der Waals surface area (Å²) in [6, 6.07) is 93.0. The molecule has 2 nitrogen and oxygen atoms in total. The minimum Gasteiger partial charge on any atom is -0.309 e. The second kappa shape index (κ2) is 18.3. The van der Waals surface area contributed by atoms with E-state index in [1.807, 2.05) is 0 Å². The fourth-order valence-corrected chi connectivity index (χ4v) is 16.0. The van der Waals surface area contributed by atoms with Crippen LogP contribution < -0.4 is 27.3 Å². The van der Waals surface area contributed by atoms with Gasteiger partial charge in [0.05, 0.1) is 27.8 Å². The van der Waals surface area contributed by atoms with Crippen molar-refractivity contribution < 1.29 is 0 Å². The predicted molar refractivity (Wildman–Crippen MR) is 332 cm³/mol. The minimum absolute atomic E-state index is 1.14. The van der Waals surface area contributed by atoms with E-state index in [2.05, 4.69) is 297 Å². The third-order valence-corrected chi connectivity index (χ3v) is 19.9. The Morgan fingerprint density at radius 3 is 1.15 bits per heavy atom. The van der Waals surface area contributed by atoms with E-state index in [4.69, 9.17) is 0 Å². The number of nitrogens with zero attached hydrogens (tertiary/aromatic N) is 2. The lowest BCUT2D eigenvalue weighted by atomic mass is 9.59. The van der Waals surface area contributed by atoms with Gasteiger partial charge in [-0.2, -0.15) is 0 Å². The second-order valence-corrected chi connectivity index (χ2v) is 22.9. The van der Waals surface area contributed by atoms with Crippen molar-refractivity contribution in [3.8, 4) is 44.8 Å². The summed E-state index contributed by atoms with van der Waals surface area (Å²) in [5, 5.41) is 4.93. The van der Waals surface area contributed by atoms with E-state index in [0.717, 1.165) is 33.5 Å². The lowest BCUT2D eigenvalue weighted by molar-refractivity contribution is 1.16. The molecule has 0 atom stereocenters. The summed E-state index contributed by atoms with van der Waals surface area (Å²) >= 11 is 0. The first-order valence-corrected chi connectivity index (χ1v) is 27.4. The first kappa shape index (κ1) is 45.5. The molecule has 0 saturated carbocycles. The second-order valence-electron chi connectivity index (χ2n) is 19.8. The van der Waals surface area contributed by atoms with E-state index < -0.39 is 10.0 Å². The first-order valence-electron chi connectivity index (χ1n) is 25.7. The lowest BCUT2D eigenvalue weighted by Gasteiger charge is -2.42. The Hall–Kier alpha value is -8.31. The summed E-state index contributed by atoms with van der Waals surface area (Å²) in [6.07, 6.45) is 0. The highest BCUT2D eigenvalue weighted by Gasteiger charge is 2.35. The molecular formula is C66H51B5N2S. The Morgan fingerprint density at radius 1 is 0.270 bits per heavy atom. The van der Waals surface area contributed by atoms with Crippen LogP contribution in [0.1, 0.15) is 0 Å². The van der Waals surface area contributed by atoms with Gasteiger partial charge in [0, 0.05) is 57.9 Å². The Labute approximate surface area is 439 Å². The molecule has 13 rings (SSSR count). The predicted octanol–water partition coefficient (Wildman–Crippen LogP) is 9.51. The number of benzene rings is 11. The van der Waals surface area contributed by atoms with Crippen LogP contribution in [-0.4, -0.2) is 48.4 Å². The Kier molecular flexibility index (Phi) is 11.3. The molecule has 0 unspecified atom stereocenters. The van der Waals surface area contributed by atoms with Crippen molar-refractivity contribution in [1.82, 2.24) is 9.13 Å². The van der Waals surface area contributed by atoms with Gasteiger partial charge in [-0.3, -0.25) is 0 Å². The molecule has 2 aromatic heterocycles. The monoisotopic (exact) mass is 958 g/mol. The number of aromatic nitrogens is 2. The van der Waals surface area contributed by atoms with Crippen molar-refractivity contribution in [3.05, 3.63) is 249 Å².